The van der Waals surface area contributed by atoms with E-state index < -0.39 is 107 Å². The largest absolute Gasteiger partial charge is 0.481 e. The molecule has 0 spiro atoms. The third kappa shape index (κ3) is 6.25. The molecule has 4 saturated carbocycles. The van der Waals surface area contributed by atoms with Crippen LogP contribution in [0.25, 0.3) is 0 Å². The Balaban J connectivity index is 1.17. The highest BCUT2D eigenvalue weighted by Crippen LogP contribution is 2.75. The summed E-state index contributed by atoms with van der Waals surface area (Å²) in [7, 11) is 0. The number of aliphatic carboxylic acids is 3. The predicted molar refractivity (Wildman–Crippen MR) is 199 cm³/mol. The maximum atomic E-state index is 14.8. The molecule has 0 aromatic carbocycles. The van der Waals surface area contributed by atoms with E-state index in [4.69, 9.17) is 18.9 Å². The minimum atomic E-state index is -2.05. The summed E-state index contributed by atoms with van der Waals surface area (Å²) in [6, 6.07) is 0. The molecule has 16 heteroatoms. The Morgan fingerprint density at radius 1 is 0.690 bits per heavy atom. The first-order valence-corrected chi connectivity index (χ1v) is 20.7. The fraction of sp³-hybridized carbons (Fsp3) is 0.857. The van der Waals surface area contributed by atoms with Gasteiger partial charge in [-0.05, 0) is 110 Å². The molecule has 58 heavy (non-hydrogen) atoms. The number of fused-ring (bicyclic) bond motifs is 7. The summed E-state index contributed by atoms with van der Waals surface area (Å²) in [6.45, 7) is 14.8. The van der Waals surface area contributed by atoms with Crippen LogP contribution >= 0.6 is 0 Å². The van der Waals surface area contributed by atoms with Crippen LogP contribution in [0.2, 0.25) is 0 Å². The highest BCUT2D eigenvalue weighted by Gasteiger charge is 2.71. The van der Waals surface area contributed by atoms with Crippen molar-refractivity contribution in [3.05, 3.63) is 11.6 Å². The topological polar surface area (TPSA) is 267 Å². The predicted octanol–water partition coefficient (Wildman–Crippen LogP) is 2.25. The molecule has 2 saturated heterocycles. The van der Waals surface area contributed by atoms with Crippen LogP contribution in [0.3, 0.4) is 0 Å². The number of hydrogen-bond acceptors (Lipinski definition) is 13. The Labute approximate surface area is 337 Å². The molecule has 0 amide bonds. The number of carboxylic acid groups (broad SMARTS) is 3. The van der Waals surface area contributed by atoms with Gasteiger partial charge in [-0.15, -0.1) is 0 Å². The van der Waals surface area contributed by atoms with E-state index in [1.165, 1.54) is 0 Å². The van der Waals surface area contributed by atoms with Gasteiger partial charge in [0.15, 0.2) is 30.6 Å². The number of ketones is 1. The molecule has 7 aliphatic rings. The Hall–Kier alpha value is -2.54. The highest BCUT2D eigenvalue weighted by molar-refractivity contribution is 5.95. The summed E-state index contributed by atoms with van der Waals surface area (Å²) in [4.78, 5) is 51.3. The Morgan fingerprint density at radius 3 is 1.88 bits per heavy atom. The second-order valence-electron chi connectivity index (χ2n) is 20.6. The zero-order chi connectivity index (χ0) is 42.9. The standard InChI is InChI=1S/C42H62O16/c1-37(2)21-8-11-42(7)31(20(43)16-18-19-17-39(4,36(53)54)13-12-38(19,3)14-15-41(18,42)6)40(21,5)10-9-22(37)55-35-30(26(47)25(46)29(57-35)33(51)52)58-34-27(48)23(44)24(45)28(56-34)32(49)50/h16,19,21-31,34-35,44-48H,8-15,17H2,1-7H3,(H,49,50)(H,51,52)(H,53,54)/t19-,21-,22-,23?,24-,25-,26?,27?,28?,29?,30-,31+,34-,35+,38+,39-,40-,41+,42+/m0/s1. The van der Waals surface area contributed by atoms with Crippen molar-refractivity contribution in [2.24, 2.45) is 50.2 Å². The zero-order valence-corrected chi connectivity index (χ0v) is 34.4. The number of rotatable bonds is 7. The third-order valence-corrected chi connectivity index (χ3v) is 17.2. The van der Waals surface area contributed by atoms with Crippen molar-refractivity contribution in [3.8, 4) is 0 Å². The van der Waals surface area contributed by atoms with Gasteiger partial charge in [0.25, 0.3) is 0 Å². The van der Waals surface area contributed by atoms with Crippen molar-refractivity contribution in [1.29, 1.82) is 0 Å². The Morgan fingerprint density at radius 2 is 1.28 bits per heavy atom. The van der Waals surface area contributed by atoms with Gasteiger partial charge >= 0.3 is 17.9 Å². The van der Waals surface area contributed by atoms with Crippen LogP contribution in [0.1, 0.15) is 106 Å². The van der Waals surface area contributed by atoms with Crippen LogP contribution in [-0.4, -0.2) is 132 Å². The second kappa shape index (κ2) is 14.3. The van der Waals surface area contributed by atoms with Gasteiger partial charge in [0.05, 0.1) is 11.5 Å². The molecule has 16 nitrogen and oxygen atoms in total. The van der Waals surface area contributed by atoms with Gasteiger partial charge in [-0.3, -0.25) is 9.59 Å². The van der Waals surface area contributed by atoms with E-state index >= 15 is 0 Å². The van der Waals surface area contributed by atoms with E-state index in [9.17, 15) is 60.0 Å². The summed E-state index contributed by atoms with van der Waals surface area (Å²) in [5.74, 6) is -4.47. The lowest BCUT2D eigenvalue weighted by molar-refractivity contribution is -0.371. The van der Waals surface area contributed by atoms with E-state index in [0.29, 0.717) is 25.7 Å². The summed E-state index contributed by atoms with van der Waals surface area (Å²) in [6.07, 6.45) is -12.2. The molecule has 2 aliphatic heterocycles. The van der Waals surface area contributed by atoms with Crippen LogP contribution in [0, 0.1) is 50.2 Å². The summed E-state index contributed by atoms with van der Waals surface area (Å²) < 4.78 is 23.4. The van der Waals surface area contributed by atoms with Gasteiger partial charge in [-0.2, -0.15) is 0 Å². The summed E-state index contributed by atoms with van der Waals surface area (Å²) in [5, 5.41) is 83.0. The second-order valence-corrected chi connectivity index (χ2v) is 20.6. The molecule has 19 atom stereocenters. The molecule has 7 rings (SSSR count). The lowest BCUT2D eigenvalue weighted by atomic mass is 9.33. The van der Waals surface area contributed by atoms with Crippen molar-refractivity contribution in [1.82, 2.24) is 0 Å². The number of carboxylic acids is 3. The first kappa shape index (κ1) is 43.5. The van der Waals surface area contributed by atoms with Crippen molar-refractivity contribution < 1.29 is 79.0 Å². The quantitative estimate of drug-likeness (QED) is 0.171. The van der Waals surface area contributed by atoms with Crippen molar-refractivity contribution in [2.45, 2.75) is 174 Å². The SMILES string of the molecule is CC1(C)[C@@H](O[C@@H]2OC(C(=O)O)[C@@H](O)C(O)[C@@H]2O[C@@H]2OC(C(=O)O)[C@@H](O)C(O)C2O)CC[C@]2(C)[C@H]3C(=O)C=C4[C@@H]5C[C@@](C)(C(=O)O)CC[C@]5(C)CC[C@@]4(C)[C@]3(C)CC[C@@H]12. The molecule has 326 valence electrons. The fourth-order valence-electron chi connectivity index (χ4n) is 13.4. The van der Waals surface area contributed by atoms with Crippen molar-refractivity contribution in [2.75, 3.05) is 0 Å². The van der Waals surface area contributed by atoms with Crippen LogP contribution in [0.15, 0.2) is 11.6 Å². The monoisotopic (exact) mass is 822 g/mol. The number of ether oxygens (including phenoxy) is 4. The molecule has 0 bridgehead atoms. The van der Waals surface area contributed by atoms with Crippen molar-refractivity contribution >= 4 is 23.7 Å². The van der Waals surface area contributed by atoms with Gasteiger partial charge in [0.2, 0.25) is 0 Å². The molecular weight excluding hydrogens is 760 g/mol. The molecule has 6 fully saturated rings. The third-order valence-electron chi connectivity index (χ3n) is 17.2. The summed E-state index contributed by atoms with van der Waals surface area (Å²) in [5.41, 5.74) is -1.81. The van der Waals surface area contributed by atoms with E-state index in [0.717, 1.165) is 37.7 Å². The first-order chi connectivity index (χ1) is 26.8. The highest BCUT2D eigenvalue weighted by atomic mass is 16.8. The Kier molecular flexibility index (Phi) is 10.7. The number of allylic oxidation sites excluding steroid dienone is 2. The van der Waals surface area contributed by atoms with Gasteiger partial charge < -0.3 is 59.8 Å². The molecule has 0 aromatic heterocycles. The molecule has 0 radical (unpaired) electrons. The fourth-order valence-corrected chi connectivity index (χ4v) is 13.4. The zero-order valence-electron chi connectivity index (χ0n) is 34.4. The van der Waals surface area contributed by atoms with E-state index in [2.05, 4.69) is 27.7 Å². The molecule has 2 heterocycles. The smallest absolute Gasteiger partial charge is 0.335 e. The number of carbonyl (C=O) groups excluding carboxylic acids is 1. The van der Waals surface area contributed by atoms with Gasteiger partial charge in [-0.25, -0.2) is 9.59 Å². The van der Waals surface area contributed by atoms with Gasteiger partial charge in [0, 0.05) is 5.92 Å². The number of carbonyl (C=O) groups is 4. The molecular formula is C42H62O16. The average molecular weight is 823 g/mol. The molecule has 5 unspecified atom stereocenters. The van der Waals surface area contributed by atoms with E-state index in [1.54, 1.807) is 0 Å². The normalized spacial score (nSPS) is 52.6. The average Bonchev–Trinajstić information content (AvgIpc) is 3.13. The number of aliphatic hydroxyl groups excluding tert-OH is 5. The minimum absolute atomic E-state index is 0.0217. The molecule has 0 aromatic rings. The van der Waals surface area contributed by atoms with E-state index in [1.807, 2.05) is 26.8 Å². The van der Waals surface area contributed by atoms with Crippen LogP contribution < -0.4 is 0 Å². The van der Waals surface area contributed by atoms with Gasteiger partial charge in [0.1, 0.15) is 36.6 Å². The number of hydrogen-bond donors (Lipinski definition) is 8. The first-order valence-electron chi connectivity index (χ1n) is 20.7. The lowest BCUT2D eigenvalue weighted by Crippen LogP contribution is -2.68. The van der Waals surface area contributed by atoms with E-state index in [-0.39, 0.29) is 34.4 Å². The van der Waals surface area contributed by atoms with Crippen LogP contribution in [0.5, 0.6) is 0 Å². The van der Waals surface area contributed by atoms with Crippen molar-refractivity contribution in [3.63, 3.8) is 0 Å². The molecule has 5 aliphatic carbocycles. The lowest BCUT2D eigenvalue weighted by Gasteiger charge is -2.70. The maximum Gasteiger partial charge on any atom is 0.335 e. The minimum Gasteiger partial charge on any atom is -0.481 e. The molecule has 8 N–H and O–H groups in total. The van der Waals surface area contributed by atoms with Crippen LogP contribution in [0.4, 0.5) is 0 Å². The van der Waals surface area contributed by atoms with Crippen LogP contribution in [-0.2, 0) is 38.1 Å². The maximum absolute atomic E-state index is 14.8. The Bertz CT molecular complexity index is 1730. The number of aliphatic hydroxyl groups is 5. The summed E-state index contributed by atoms with van der Waals surface area (Å²) >= 11 is 0. The van der Waals surface area contributed by atoms with Gasteiger partial charge in [-0.1, -0.05) is 47.1 Å².